The quantitative estimate of drug-likeness (QED) is 0.595. The highest BCUT2D eigenvalue weighted by Gasteiger charge is 2.27. The predicted molar refractivity (Wildman–Crippen MR) is 114 cm³/mol. The van der Waals surface area contributed by atoms with Gasteiger partial charge in [-0.2, -0.15) is 5.10 Å². The van der Waals surface area contributed by atoms with Gasteiger partial charge in [0.2, 0.25) is 5.91 Å². The standard InChI is InChI=1S/C21H30N6O2/c1-5-22-21(23-12-17-6-8-19(9-7-17)29-16(2)3)26-10-11-27(20(28)15-26)18-13-24-25(4)14-18/h6-9,13-14,16H,5,10-12,15H2,1-4H3,(H,22,23). The highest BCUT2D eigenvalue weighted by atomic mass is 16.5. The van der Waals surface area contributed by atoms with E-state index in [0.717, 1.165) is 29.5 Å². The van der Waals surface area contributed by atoms with Crippen molar-refractivity contribution in [3.05, 3.63) is 42.2 Å². The zero-order chi connectivity index (χ0) is 20.8. The van der Waals surface area contributed by atoms with Crippen molar-refractivity contribution in [2.24, 2.45) is 12.0 Å². The van der Waals surface area contributed by atoms with E-state index in [9.17, 15) is 4.79 Å². The van der Waals surface area contributed by atoms with E-state index in [1.807, 2.05) is 63.2 Å². The van der Waals surface area contributed by atoms with Crippen LogP contribution in [0.25, 0.3) is 0 Å². The Morgan fingerprint density at radius 1 is 1.28 bits per heavy atom. The fourth-order valence-electron chi connectivity index (χ4n) is 3.21. The summed E-state index contributed by atoms with van der Waals surface area (Å²) in [4.78, 5) is 21.2. The summed E-state index contributed by atoms with van der Waals surface area (Å²) in [6.45, 7) is 8.96. The van der Waals surface area contributed by atoms with Crippen LogP contribution in [-0.4, -0.2) is 58.8 Å². The van der Waals surface area contributed by atoms with Crippen LogP contribution in [0, 0.1) is 0 Å². The van der Waals surface area contributed by atoms with E-state index in [4.69, 9.17) is 9.73 Å². The maximum Gasteiger partial charge on any atom is 0.246 e. The molecule has 1 aromatic carbocycles. The van der Waals surface area contributed by atoms with Gasteiger partial charge < -0.3 is 19.9 Å². The molecular weight excluding hydrogens is 368 g/mol. The third kappa shape index (κ3) is 5.49. The Balaban J connectivity index is 1.64. The van der Waals surface area contributed by atoms with Crippen LogP contribution in [-0.2, 0) is 18.4 Å². The average Bonchev–Trinajstić information content (AvgIpc) is 3.12. The third-order valence-electron chi connectivity index (χ3n) is 4.56. The zero-order valence-electron chi connectivity index (χ0n) is 17.6. The number of piperazine rings is 1. The van der Waals surface area contributed by atoms with Gasteiger partial charge >= 0.3 is 0 Å². The molecule has 1 N–H and O–H groups in total. The van der Waals surface area contributed by atoms with E-state index >= 15 is 0 Å². The van der Waals surface area contributed by atoms with Crippen LogP contribution in [0.5, 0.6) is 5.75 Å². The number of anilines is 1. The molecule has 1 aliphatic heterocycles. The average molecular weight is 399 g/mol. The molecule has 0 atom stereocenters. The van der Waals surface area contributed by atoms with E-state index in [1.54, 1.807) is 15.8 Å². The van der Waals surface area contributed by atoms with E-state index in [-0.39, 0.29) is 12.0 Å². The van der Waals surface area contributed by atoms with Crippen molar-refractivity contribution < 1.29 is 9.53 Å². The van der Waals surface area contributed by atoms with Gasteiger partial charge in [-0.25, -0.2) is 4.99 Å². The van der Waals surface area contributed by atoms with Crippen molar-refractivity contribution in [1.29, 1.82) is 0 Å². The lowest BCUT2D eigenvalue weighted by molar-refractivity contribution is -0.120. The number of ether oxygens (including phenoxy) is 1. The highest BCUT2D eigenvalue weighted by molar-refractivity contribution is 5.98. The third-order valence-corrected chi connectivity index (χ3v) is 4.56. The van der Waals surface area contributed by atoms with Crippen LogP contribution in [0.1, 0.15) is 26.3 Å². The number of carbonyl (C=O) groups is 1. The zero-order valence-corrected chi connectivity index (χ0v) is 17.6. The van der Waals surface area contributed by atoms with Gasteiger partial charge in [-0.3, -0.25) is 9.48 Å². The first-order valence-electron chi connectivity index (χ1n) is 10.0. The van der Waals surface area contributed by atoms with Gasteiger partial charge in [-0.15, -0.1) is 0 Å². The summed E-state index contributed by atoms with van der Waals surface area (Å²) < 4.78 is 7.39. The molecule has 0 spiro atoms. The first-order valence-corrected chi connectivity index (χ1v) is 10.0. The van der Waals surface area contributed by atoms with Gasteiger partial charge in [-0.1, -0.05) is 12.1 Å². The molecule has 156 valence electrons. The molecule has 1 fully saturated rings. The number of amides is 1. The molecule has 1 aromatic heterocycles. The number of rotatable bonds is 6. The summed E-state index contributed by atoms with van der Waals surface area (Å²) in [6.07, 6.45) is 3.74. The second-order valence-electron chi connectivity index (χ2n) is 7.32. The number of carbonyl (C=O) groups excluding carboxylic acids is 1. The maximum absolute atomic E-state index is 12.7. The van der Waals surface area contributed by atoms with Crippen molar-refractivity contribution in [2.45, 2.75) is 33.4 Å². The monoisotopic (exact) mass is 398 g/mol. The van der Waals surface area contributed by atoms with Gasteiger partial charge in [0, 0.05) is 32.9 Å². The molecule has 1 amide bonds. The molecule has 29 heavy (non-hydrogen) atoms. The number of aliphatic imine (C=N–C) groups is 1. The second-order valence-corrected chi connectivity index (χ2v) is 7.32. The van der Waals surface area contributed by atoms with Gasteiger partial charge in [0.05, 0.1) is 24.5 Å². The normalized spacial score (nSPS) is 15.2. The van der Waals surface area contributed by atoms with E-state index in [0.29, 0.717) is 26.2 Å². The summed E-state index contributed by atoms with van der Waals surface area (Å²) in [5.74, 6) is 1.66. The fraction of sp³-hybridized carbons (Fsp3) is 0.476. The number of aromatic nitrogens is 2. The number of benzene rings is 1. The molecule has 0 bridgehead atoms. The Labute approximate surface area is 172 Å². The Hall–Kier alpha value is -3.03. The number of nitrogens with zero attached hydrogens (tertiary/aromatic N) is 5. The molecule has 0 radical (unpaired) electrons. The van der Waals surface area contributed by atoms with E-state index in [2.05, 4.69) is 10.4 Å². The first-order chi connectivity index (χ1) is 14.0. The molecule has 1 saturated heterocycles. The Morgan fingerprint density at radius 3 is 2.62 bits per heavy atom. The lowest BCUT2D eigenvalue weighted by Gasteiger charge is -2.35. The molecule has 0 saturated carbocycles. The summed E-state index contributed by atoms with van der Waals surface area (Å²) in [7, 11) is 1.85. The topological polar surface area (TPSA) is 75.0 Å². The smallest absolute Gasteiger partial charge is 0.246 e. The van der Waals surface area contributed by atoms with Crippen LogP contribution in [0.2, 0.25) is 0 Å². The van der Waals surface area contributed by atoms with Crippen molar-refractivity contribution in [1.82, 2.24) is 20.0 Å². The minimum absolute atomic E-state index is 0.0463. The fourth-order valence-corrected chi connectivity index (χ4v) is 3.21. The number of hydrogen-bond donors (Lipinski definition) is 1. The van der Waals surface area contributed by atoms with Gasteiger partial charge in [-0.05, 0) is 38.5 Å². The predicted octanol–water partition coefficient (Wildman–Crippen LogP) is 2.02. The van der Waals surface area contributed by atoms with Crippen LogP contribution >= 0.6 is 0 Å². The van der Waals surface area contributed by atoms with Crippen LogP contribution < -0.4 is 15.0 Å². The lowest BCUT2D eigenvalue weighted by atomic mass is 10.2. The van der Waals surface area contributed by atoms with Crippen molar-refractivity contribution >= 4 is 17.6 Å². The number of nitrogens with one attached hydrogen (secondary N) is 1. The molecule has 3 rings (SSSR count). The molecule has 0 unspecified atom stereocenters. The van der Waals surface area contributed by atoms with Gasteiger partial charge in [0.1, 0.15) is 12.3 Å². The lowest BCUT2D eigenvalue weighted by Crippen LogP contribution is -2.55. The molecule has 0 aliphatic carbocycles. The number of hydrogen-bond acceptors (Lipinski definition) is 4. The minimum atomic E-state index is 0.0463. The number of guanidine groups is 1. The van der Waals surface area contributed by atoms with Crippen molar-refractivity contribution in [2.75, 3.05) is 31.1 Å². The summed E-state index contributed by atoms with van der Waals surface area (Å²) in [5.41, 5.74) is 1.93. The Bertz CT molecular complexity index is 843. The van der Waals surface area contributed by atoms with E-state index in [1.165, 1.54) is 0 Å². The molecular formula is C21H30N6O2. The molecule has 2 heterocycles. The Morgan fingerprint density at radius 2 is 2.03 bits per heavy atom. The highest BCUT2D eigenvalue weighted by Crippen LogP contribution is 2.17. The van der Waals surface area contributed by atoms with E-state index < -0.39 is 0 Å². The first kappa shape index (κ1) is 20.7. The summed E-state index contributed by atoms with van der Waals surface area (Å²) in [6, 6.07) is 7.98. The maximum atomic E-state index is 12.7. The SMILES string of the molecule is CCNC(=NCc1ccc(OC(C)C)cc1)N1CCN(c2cnn(C)c2)C(=O)C1. The van der Waals surface area contributed by atoms with Gasteiger partial charge in [0.25, 0.3) is 0 Å². The molecule has 8 heteroatoms. The van der Waals surface area contributed by atoms with Crippen molar-refractivity contribution in [3.63, 3.8) is 0 Å². The minimum Gasteiger partial charge on any atom is -0.491 e. The Kier molecular flexibility index (Phi) is 6.74. The molecule has 8 nitrogen and oxygen atoms in total. The largest absolute Gasteiger partial charge is 0.491 e. The second kappa shape index (κ2) is 9.45. The molecule has 1 aliphatic rings. The summed E-state index contributed by atoms with van der Waals surface area (Å²) in [5, 5.41) is 7.46. The van der Waals surface area contributed by atoms with Gasteiger partial charge in [0.15, 0.2) is 5.96 Å². The van der Waals surface area contributed by atoms with Crippen LogP contribution in [0.4, 0.5) is 5.69 Å². The summed E-state index contributed by atoms with van der Waals surface area (Å²) >= 11 is 0. The van der Waals surface area contributed by atoms with Crippen LogP contribution in [0.3, 0.4) is 0 Å². The molecule has 2 aromatic rings. The van der Waals surface area contributed by atoms with Crippen LogP contribution in [0.15, 0.2) is 41.7 Å². The van der Waals surface area contributed by atoms with Crippen molar-refractivity contribution in [3.8, 4) is 5.75 Å². The number of aryl methyl sites for hydroxylation is 1.